The minimum Gasteiger partial charge on any atom is -0.299 e. The average molecular weight is 222 g/mol. The minimum atomic E-state index is 0.00539. The van der Waals surface area contributed by atoms with Gasteiger partial charge in [0.05, 0.1) is 0 Å². The molecule has 4 atom stereocenters. The van der Waals surface area contributed by atoms with Gasteiger partial charge in [-0.3, -0.25) is 4.79 Å². The standard InChI is InChI=1S/C15H26O/c1-10(2)13-9-8-12-7-5-6-11(3)15(12,4)14(13)16/h10-13H,5-9H2,1-4H3/t11-,12+,13-,15+/m0/s1. The molecule has 0 amide bonds. The Morgan fingerprint density at radius 1 is 1.19 bits per heavy atom. The van der Waals surface area contributed by atoms with Crippen molar-refractivity contribution in [2.24, 2.45) is 29.1 Å². The smallest absolute Gasteiger partial charge is 0.142 e. The fourth-order valence-corrected chi connectivity index (χ4v) is 4.11. The monoisotopic (exact) mass is 222 g/mol. The molecule has 0 spiro atoms. The summed E-state index contributed by atoms with van der Waals surface area (Å²) < 4.78 is 0. The molecule has 2 aliphatic rings. The molecule has 0 N–H and O–H groups in total. The average Bonchev–Trinajstić information content (AvgIpc) is 2.22. The van der Waals surface area contributed by atoms with Gasteiger partial charge in [0.2, 0.25) is 0 Å². The quantitative estimate of drug-likeness (QED) is 0.654. The van der Waals surface area contributed by atoms with E-state index in [4.69, 9.17) is 0 Å². The molecule has 0 aromatic rings. The lowest BCUT2D eigenvalue weighted by Crippen LogP contribution is -2.51. The van der Waals surface area contributed by atoms with E-state index in [1.54, 1.807) is 0 Å². The summed E-state index contributed by atoms with van der Waals surface area (Å²) in [5.41, 5.74) is 0.00539. The second kappa shape index (κ2) is 4.16. The third-order valence-electron chi connectivity index (χ3n) is 5.56. The Morgan fingerprint density at radius 2 is 1.88 bits per heavy atom. The Morgan fingerprint density at radius 3 is 2.50 bits per heavy atom. The first-order chi connectivity index (χ1) is 7.48. The number of carbonyl (C=O) groups excluding carboxylic acids is 1. The van der Waals surface area contributed by atoms with E-state index in [2.05, 4.69) is 27.7 Å². The van der Waals surface area contributed by atoms with Crippen LogP contribution in [0.1, 0.15) is 59.8 Å². The Hall–Kier alpha value is -0.330. The van der Waals surface area contributed by atoms with Crippen LogP contribution in [0.25, 0.3) is 0 Å². The second-order valence-electron chi connectivity index (χ2n) is 6.60. The van der Waals surface area contributed by atoms with Crippen molar-refractivity contribution in [2.45, 2.75) is 59.8 Å². The molecule has 2 aliphatic carbocycles. The Bertz CT molecular complexity index is 281. The lowest BCUT2D eigenvalue weighted by atomic mass is 9.52. The van der Waals surface area contributed by atoms with Crippen molar-refractivity contribution >= 4 is 5.78 Å². The molecule has 0 aromatic carbocycles. The Kier molecular flexibility index (Phi) is 3.16. The van der Waals surface area contributed by atoms with Gasteiger partial charge in [0.1, 0.15) is 5.78 Å². The lowest BCUT2D eigenvalue weighted by Gasteiger charge is -2.51. The predicted octanol–water partition coefficient (Wildman–Crippen LogP) is 4.06. The first-order valence-electron chi connectivity index (χ1n) is 7.02. The Labute approximate surface area is 100.0 Å². The van der Waals surface area contributed by atoms with Gasteiger partial charge < -0.3 is 0 Å². The van der Waals surface area contributed by atoms with Gasteiger partial charge in [-0.2, -0.15) is 0 Å². The summed E-state index contributed by atoms with van der Waals surface area (Å²) in [4.78, 5) is 12.7. The van der Waals surface area contributed by atoms with Crippen molar-refractivity contribution in [1.29, 1.82) is 0 Å². The largest absolute Gasteiger partial charge is 0.299 e. The van der Waals surface area contributed by atoms with E-state index >= 15 is 0 Å². The highest BCUT2D eigenvalue weighted by Gasteiger charge is 2.52. The molecule has 0 aromatic heterocycles. The number of carbonyl (C=O) groups is 1. The Balaban J connectivity index is 2.27. The van der Waals surface area contributed by atoms with Gasteiger partial charge in [0.25, 0.3) is 0 Å². The molecule has 16 heavy (non-hydrogen) atoms. The maximum absolute atomic E-state index is 12.7. The molecule has 0 saturated heterocycles. The summed E-state index contributed by atoms with van der Waals surface area (Å²) in [5.74, 6) is 2.73. The number of fused-ring (bicyclic) bond motifs is 1. The van der Waals surface area contributed by atoms with Gasteiger partial charge in [-0.05, 0) is 43.4 Å². The highest BCUT2D eigenvalue weighted by Crippen LogP contribution is 2.53. The molecule has 2 saturated carbocycles. The molecule has 92 valence electrons. The summed E-state index contributed by atoms with van der Waals surface area (Å²) in [5, 5.41) is 0. The molecule has 0 heterocycles. The summed E-state index contributed by atoms with van der Waals surface area (Å²) in [6.07, 6.45) is 6.31. The van der Waals surface area contributed by atoms with Gasteiger partial charge >= 0.3 is 0 Å². The topological polar surface area (TPSA) is 17.1 Å². The summed E-state index contributed by atoms with van der Waals surface area (Å²) in [7, 11) is 0. The third kappa shape index (κ3) is 1.63. The predicted molar refractivity (Wildman–Crippen MR) is 67.2 cm³/mol. The molecule has 2 rings (SSSR count). The number of hydrogen-bond acceptors (Lipinski definition) is 1. The maximum Gasteiger partial charge on any atom is 0.142 e. The van der Waals surface area contributed by atoms with Crippen molar-refractivity contribution in [1.82, 2.24) is 0 Å². The van der Waals surface area contributed by atoms with Crippen LogP contribution in [-0.4, -0.2) is 5.78 Å². The molecular weight excluding hydrogens is 196 g/mol. The van der Waals surface area contributed by atoms with Gasteiger partial charge in [0, 0.05) is 11.3 Å². The van der Waals surface area contributed by atoms with Crippen LogP contribution in [0.2, 0.25) is 0 Å². The van der Waals surface area contributed by atoms with E-state index in [9.17, 15) is 4.79 Å². The van der Waals surface area contributed by atoms with Crippen molar-refractivity contribution in [3.05, 3.63) is 0 Å². The fourth-order valence-electron chi connectivity index (χ4n) is 4.11. The van der Waals surface area contributed by atoms with Crippen LogP contribution in [0, 0.1) is 29.1 Å². The van der Waals surface area contributed by atoms with Crippen LogP contribution in [0.5, 0.6) is 0 Å². The van der Waals surface area contributed by atoms with Crippen LogP contribution in [0.3, 0.4) is 0 Å². The normalized spacial score (nSPS) is 44.6. The lowest BCUT2D eigenvalue weighted by molar-refractivity contribution is -0.148. The van der Waals surface area contributed by atoms with Crippen molar-refractivity contribution in [3.8, 4) is 0 Å². The van der Waals surface area contributed by atoms with E-state index < -0.39 is 0 Å². The molecule has 2 fully saturated rings. The second-order valence-corrected chi connectivity index (χ2v) is 6.60. The van der Waals surface area contributed by atoms with E-state index in [-0.39, 0.29) is 5.41 Å². The van der Waals surface area contributed by atoms with Crippen LogP contribution in [0.4, 0.5) is 0 Å². The zero-order chi connectivity index (χ0) is 11.9. The zero-order valence-electron chi connectivity index (χ0n) is 11.3. The first kappa shape index (κ1) is 12.1. The molecule has 1 heteroatoms. The number of Topliss-reactive ketones (excluding diaryl/α,β-unsaturated/α-hetero) is 1. The van der Waals surface area contributed by atoms with Crippen molar-refractivity contribution in [2.75, 3.05) is 0 Å². The number of hydrogen-bond donors (Lipinski definition) is 0. The minimum absolute atomic E-state index is 0.00539. The molecule has 0 aliphatic heterocycles. The molecular formula is C15H26O. The summed E-state index contributed by atoms with van der Waals surface area (Å²) in [6, 6.07) is 0. The van der Waals surface area contributed by atoms with Crippen molar-refractivity contribution in [3.63, 3.8) is 0 Å². The number of rotatable bonds is 1. The summed E-state index contributed by atoms with van der Waals surface area (Å²) >= 11 is 0. The van der Waals surface area contributed by atoms with Gasteiger partial charge in [-0.1, -0.05) is 34.1 Å². The summed E-state index contributed by atoms with van der Waals surface area (Å²) in [6.45, 7) is 8.98. The fraction of sp³-hybridized carbons (Fsp3) is 0.933. The van der Waals surface area contributed by atoms with E-state index in [1.807, 2.05) is 0 Å². The molecule has 1 nitrogen and oxygen atoms in total. The maximum atomic E-state index is 12.7. The third-order valence-corrected chi connectivity index (χ3v) is 5.56. The zero-order valence-corrected chi connectivity index (χ0v) is 11.3. The molecule has 0 bridgehead atoms. The van der Waals surface area contributed by atoms with E-state index in [1.165, 1.54) is 25.7 Å². The highest BCUT2D eigenvalue weighted by atomic mass is 16.1. The van der Waals surface area contributed by atoms with Crippen LogP contribution in [0.15, 0.2) is 0 Å². The van der Waals surface area contributed by atoms with Crippen molar-refractivity contribution < 1.29 is 4.79 Å². The van der Waals surface area contributed by atoms with Crippen LogP contribution < -0.4 is 0 Å². The van der Waals surface area contributed by atoms with Crippen LogP contribution >= 0.6 is 0 Å². The van der Waals surface area contributed by atoms with E-state index in [0.29, 0.717) is 29.5 Å². The molecule has 0 unspecified atom stereocenters. The van der Waals surface area contributed by atoms with Crippen LogP contribution in [-0.2, 0) is 4.79 Å². The number of ketones is 1. The van der Waals surface area contributed by atoms with Gasteiger partial charge in [0.15, 0.2) is 0 Å². The van der Waals surface area contributed by atoms with Gasteiger partial charge in [-0.25, -0.2) is 0 Å². The van der Waals surface area contributed by atoms with Gasteiger partial charge in [-0.15, -0.1) is 0 Å². The SMILES string of the molecule is CC(C)[C@@H]1CC[C@H]2CCC[C@H](C)[C@@]2(C)C1=O. The highest BCUT2D eigenvalue weighted by molar-refractivity contribution is 5.88. The van der Waals surface area contributed by atoms with E-state index in [0.717, 1.165) is 6.42 Å². The first-order valence-corrected chi connectivity index (χ1v) is 7.02. The molecule has 0 radical (unpaired) electrons.